The predicted octanol–water partition coefficient (Wildman–Crippen LogP) is 3.74. The number of fused-ring (bicyclic) bond motifs is 1. The molecular formula is C17H16ClNO4. The van der Waals surface area contributed by atoms with Gasteiger partial charge in [0.05, 0.1) is 6.61 Å². The molecule has 0 fully saturated rings. The van der Waals surface area contributed by atoms with Crippen molar-refractivity contribution < 1.29 is 19.0 Å². The van der Waals surface area contributed by atoms with Gasteiger partial charge in [-0.05, 0) is 36.4 Å². The molecule has 0 aromatic heterocycles. The number of carbonyl (C=O) groups excluding carboxylic acids is 1. The minimum atomic E-state index is -0.108. The Kier molecular flexibility index (Phi) is 4.69. The van der Waals surface area contributed by atoms with Crippen molar-refractivity contribution in [1.29, 1.82) is 0 Å². The molecule has 6 heteroatoms. The average Bonchev–Trinajstić information content (AvgIpc) is 2.53. The molecule has 0 atom stereocenters. The van der Waals surface area contributed by atoms with E-state index in [0.717, 1.165) is 22.6 Å². The van der Waals surface area contributed by atoms with Crippen molar-refractivity contribution in [2.24, 2.45) is 0 Å². The zero-order chi connectivity index (χ0) is 16.2. The lowest BCUT2D eigenvalue weighted by molar-refractivity contribution is -0.114. The monoisotopic (exact) mass is 333 g/mol. The lowest BCUT2D eigenvalue weighted by atomic mass is 10.1. The second kappa shape index (κ2) is 6.89. The third-order valence-electron chi connectivity index (χ3n) is 3.32. The number of hydrogen-bond donors (Lipinski definition) is 1. The number of carbonyl (C=O) groups is 1. The molecule has 23 heavy (non-hydrogen) atoms. The first-order valence-electron chi connectivity index (χ1n) is 7.14. The predicted molar refractivity (Wildman–Crippen MR) is 86.8 cm³/mol. The normalized spacial score (nSPS) is 13.0. The van der Waals surface area contributed by atoms with Gasteiger partial charge >= 0.3 is 0 Å². The lowest BCUT2D eigenvalue weighted by Crippen LogP contribution is -2.14. The molecule has 3 rings (SSSR count). The van der Waals surface area contributed by atoms with Crippen LogP contribution in [0.1, 0.15) is 18.1 Å². The van der Waals surface area contributed by atoms with Crippen LogP contribution in [0.3, 0.4) is 0 Å². The summed E-state index contributed by atoms with van der Waals surface area (Å²) in [5, 5.41) is 3.33. The van der Waals surface area contributed by atoms with E-state index in [0.29, 0.717) is 24.0 Å². The quantitative estimate of drug-likeness (QED) is 0.926. The van der Waals surface area contributed by atoms with Crippen LogP contribution in [0.4, 0.5) is 5.69 Å². The molecular weight excluding hydrogens is 318 g/mol. The summed E-state index contributed by atoms with van der Waals surface area (Å²) in [5.41, 5.74) is 2.52. The Morgan fingerprint density at radius 2 is 2.09 bits per heavy atom. The minimum Gasteiger partial charge on any atom is -0.489 e. The van der Waals surface area contributed by atoms with Crippen LogP contribution >= 0.6 is 11.6 Å². The fourth-order valence-electron chi connectivity index (χ4n) is 2.36. The molecule has 2 aromatic carbocycles. The van der Waals surface area contributed by atoms with Gasteiger partial charge in [-0.1, -0.05) is 11.6 Å². The fourth-order valence-corrected chi connectivity index (χ4v) is 2.63. The van der Waals surface area contributed by atoms with Crippen LogP contribution in [-0.2, 0) is 22.7 Å². The molecule has 0 bridgehead atoms. The molecule has 1 N–H and O–H groups in total. The third-order valence-corrected chi connectivity index (χ3v) is 3.54. The van der Waals surface area contributed by atoms with Crippen molar-refractivity contribution in [2.45, 2.75) is 20.1 Å². The molecule has 0 saturated carbocycles. The number of halogens is 1. The Morgan fingerprint density at radius 3 is 2.83 bits per heavy atom. The summed E-state index contributed by atoms with van der Waals surface area (Å²) >= 11 is 6.13. The van der Waals surface area contributed by atoms with Gasteiger partial charge in [-0.25, -0.2) is 0 Å². The number of nitrogens with one attached hydrogen (secondary N) is 1. The fraction of sp³-hybridized carbons (Fsp3) is 0.235. The number of ether oxygens (including phenoxy) is 3. The molecule has 120 valence electrons. The highest BCUT2D eigenvalue weighted by molar-refractivity contribution is 6.30. The van der Waals surface area contributed by atoms with Crippen molar-refractivity contribution in [3.8, 4) is 11.5 Å². The Bertz CT molecular complexity index is 715. The maximum Gasteiger partial charge on any atom is 0.221 e. The van der Waals surface area contributed by atoms with Crippen LogP contribution in [0.5, 0.6) is 11.5 Å². The van der Waals surface area contributed by atoms with Crippen LogP contribution in [0.25, 0.3) is 0 Å². The second-order valence-corrected chi connectivity index (χ2v) is 5.59. The molecule has 0 aliphatic carbocycles. The number of hydrogen-bond acceptors (Lipinski definition) is 4. The van der Waals surface area contributed by atoms with E-state index in [4.69, 9.17) is 25.8 Å². The topological polar surface area (TPSA) is 56.8 Å². The van der Waals surface area contributed by atoms with Gasteiger partial charge in [0, 0.05) is 28.8 Å². The lowest BCUT2D eigenvalue weighted by Gasteiger charge is -2.21. The molecule has 5 nitrogen and oxygen atoms in total. The van der Waals surface area contributed by atoms with Crippen LogP contribution in [0, 0.1) is 0 Å². The summed E-state index contributed by atoms with van der Waals surface area (Å²) < 4.78 is 16.6. The van der Waals surface area contributed by atoms with Gasteiger partial charge in [0.25, 0.3) is 0 Å². The van der Waals surface area contributed by atoms with E-state index < -0.39 is 0 Å². The summed E-state index contributed by atoms with van der Waals surface area (Å²) in [6.07, 6.45) is 0. The molecule has 0 unspecified atom stereocenters. The molecule has 1 aliphatic heterocycles. The molecule has 0 radical (unpaired) electrons. The summed E-state index contributed by atoms with van der Waals surface area (Å²) in [4.78, 5) is 11.0. The van der Waals surface area contributed by atoms with Crippen molar-refractivity contribution >= 4 is 23.2 Å². The first kappa shape index (κ1) is 15.6. The minimum absolute atomic E-state index is 0.108. The number of rotatable bonds is 4. The van der Waals surface area contributed by atoms with Gasteiger partial charge in [0.1, 0.15) is 18.1 Å². The smallest absolute Gasteiger partial charge is 0.221 e. The highest BCUT2D eigenvalue weighted by atomic mass is 35.5. The molecule has 0 spiro atoms. The SMILES string of the molecule is CC(=O)Nc1ccc(OCc2cc(Cl)cc3c2OCOC3)cc1. The van der Waals surface area contributed by atoms with Crippen LogP contribution in [0.2, 0.25) is 5.02 Å². The maximum atomic E-state index is 11.0. The zero-order valence-electron chi connectivity index (χ0n) is 12.6. The molecule has 2 aromatic rings. The molecule has 1 amide bonds. The van der Waals surface area contributed by atoms with E-state index in [1.165, 1.54) is 6.92 Å². The maximum absolute atomic E-state index is 11.0. The number of benzene rings is 2. The Balaban J connectivity index is 1.71. The largest absolute Gasteiger partial charge is 0.489 e. The van der Waals surface area contributed by atoms with Crippen LogP contribution in [-0.4, -0.2) is 12.7 Å². The number of anilines is 1. The Hall–Kier alpha value is -2.24. The third kappa shape index (κ3) is 3.94. The first-order chi connectivity index (χ1) is 11.1. The molecule has 1 aliphatic rings. The van der Waals surface area contributed by atoms with E-state index in [2.05, 4.69) is 5.32 Å². The van der Waals surface area contributed by atoms with E-state index in [9.17, 15) is 4.79 Å². The highest BCUT2D eigenvalue weighted by Gasteiger charge is 2.16. The van der Waals surface area contributed by atoms with Crippen LogP contribution < -0.4 is 14.8 Å². The second-order valence-electron chi connectivity index (χ2n) is 5.16. The van der Waals surface area contributed by atoms with Gasteiger partial charge in [-0.3, -0.25) is 4.79 Å². The van der Waals surface area contributed by atoms with E-state index in [1.54, 1.807) is 24.3 Å². The average molecular weight is 334 g/mol. The zero-order valence-corrected chi connectivity index (χ0v) is 13.4. The van der Waals surface area contributed by atoms with Crippen molar-refractivity contribution in [3.63, 3.8) is 0 Å². The number of amides is 1. The molecule has 0 saturated heterocycles. The van der Waals surface area contributed by atoms with E-state index in [-0.39, 0.29) is 12.7 Å². The van der Waals surface area contributed by atoms with E-state index in [1.807, 2.05) is 12.1 Å². The van der Waals surface area contributed by atoms with Crippen molar-refractivity contribution in [1.82, 2.24) is 0 Å². The summed E-state index contributed by atoms with van der Waals surface area (Å²) in [6.45, 7) is 2.51. The van der Waals surface area contributed by atoms with Crippen molar-refractivity contribution in [2.75, 3.05) is 12.1 Å². The summed E-state index contributed by atoms with van der Waals surface area (Å²) in [7, 11) is 0. The molecule has 1 heterocycles. The van der Waals surface area contributed by atoms with Crippen LogP contribution in [0.15, 0.2) is 36.4 Å². The van der Waals surface area contributed by atoms with Gasteiger partial charge in [-0.15, -0.1) is 0 Å². The Morgan fingerprint density at radius 1 is 1.30 bits per heavy atom. The Labute approximate surface area is 139 Å². The van der Waals surface area contributed by atoms with E-state index >= 15 is 0 Å². The van der Waals surface area contributed by atoms with Gasteiger partial charge in [0.15, 0.2) is 6.79 Å². The summed E-state index contributed by atoms with van der Waals surface area (Å²) in [5.74, 6) is 1.36. The van der Waals surface area contributed by atoms with Gasteiger partial charge in [0.2, 0.25) is 5.91 Å². The van der Waals surface area contributed by atoms with Gasteiger partial charge < -0.3 is 19.5 Å². The highest BCUT2D eigenvalue weighted by Crippen LogP contribution is 2.32. The summed E-state index contributed by atoms with van der Waals surface area (Å²) in [6, 6.07) is 10.8. The standard InChI is InChI=1S/C17H16ClNO4/c1-11(20)19-15-2-4-16(5-3-15)22-9-13-7-14(18)6-12-8-21-10-23-17(12)13/h2-7H,8-10H2,1H3,(H,19,20). The first-order valence-corrected chi connectivity index (χ1v) is 7.52. The van der Waals surface area contributed by atoms with Gasteiger partial charge in [-0.2, -0.15) is 0 Å². The van der Waals surface area contributed by atoms with Crippen molar-refractivity contribution in [3.05, 3.63) is 52.5 Å².